The van der Waals surface area contributed by atoms with Gasteiger partial charge in [-0.1, -0.05) is 30.3 Å². The first-order chi connectivity index (χ1) is 15.1. The van der Waals surface area contributed by atoms with Gasteiger partial charge in [0.2, 0.25) is 5.91 Å². The van der Waals surface area contributed by atoms with E-state index in [4.69, 9.17) is 9.47 Å². The van der Waals surface area contributed by atoms with Crippen LogP contribution in [-0.2, 0) is 25.5 Å². The van der Waals surface area contributed by atoms with Crippen LogP contribution in [0.25, 0.3) is 0 Å². The maximum Gasteiger partial charge on any atom is 0.306 e. The van der Waals surface area contributed by atoms with Crippen molar-refractivity contribution in [2.75, 3.05) is 32.2 Å². The maximum atomic E-state index is 12.0. The number of rotatable bonds is 13. The average molecular weight is 427 g/mol. The molecule has 0 fully saturated rings. The van der Waals surface area contributed by atoms with Crippen LogP contribution in [0.1, 0.15) is 41.6 Å². The van der Waals surface area contributed by atoms with Gasteiger partial charge in [0.1, 0.15) is 0 Å². The average Bonchev–Trinajstić information content (AvgIpc) is 2.79. The molecule has 0 saturated carbocycles. The quantitative estimate of drug-likeness (QED) is 0.378. The lowest BCUT2D eigenvalue weighted by molar-refractivity contribution is -0.144. The predicted octanol–water partition coefficient (Wildman–Crippen LogP) is 3.35. The maximum absolute atomic E-state index is 12.0. The molecule has 2 N–H and O–H groups in total. The molecule has 0 spiro atoms. The number of aryl methyl sites for hydroxylation is 1. The first-order valence-electron chi connectivity index (χ1n) is 10.4. The number of methoxy groups -OCH3 is 1. The molecule has 2 aromatic rings. The second kappa shape index (κ2) is 13.9. The molecule has 0 unspecified atom stereocenters. The lowest BCUT2D eigenvalue weighted by Gasteiger charge is -2.08. The van der Waals surface area contributed by atoms with E-state index in [1.807, 2.05) is 30.3 Å². The van der Waals surface area contributed by atoms with Gasteiger partial charge >= 0.3 is 5.97 Å². The van der Waals surface area contributed by atoms with E-state index in [2.05, 4.69) is 10.6 Å². The smallest absolute Gasteiger partial charge is 0.306 e. The summed E-state index contributed by atoms with van der Waals surface area (Å²) in [6, 6.07) is 16.6. The molecule has 2 aromatic carbocycles. The molecule has 0 aliphatic rings. The van der Waals surface area contributed by atoms with Crippen molar-refractivity contribution in [3.8, 4) is 0 Å². The first kappa shape index (κ1) is 24.1. The molecular formula is C24H30N2O5. The van der Waals surface area contributed by atoms with Gasteiger partial charge in [-0.25, -0.2) is 0 Å². The zero-order chi connectivity index (χ0) is 22.3. The van der Waals surface area contributed by atoms with Crippen molar-refractivity contribution in [1.82, 2.24) is 5.32 Å². The molecule has 0 bridgehead atoms. The number of hydrogen-bond acceptors (Lipinski definition) is 5. The SMILES string of the molecule is COCCCNC(=O)c1ccc(NC(=O)CCC(=O)OCCCc2ccccc2)cc1. The highest BCUT2D eigenvalue weighted by Gasteiger charge is 2.10. The molecule has 2 amide bonds. The first-order valence-corrected chi connectivity index (χ1v) is 10.4. The van der Waals surface area contributed by atoms with Gasteiger partial charge in [-0.3, -0.25) is 14.4 Å². The molecule has 7 nitrogen and oxygen atoms in total. The van der Waals surface area contributed by atoms with Crippen LogP contribution in [0.4, 0.5) is 5.69 Å². The van der Waals surface area contributed by atoms with E-state index in [0.29, 0.717) is 31.0 Å². The summed E-state index contributed by atoms with van der Waals surface area (Å²) < 4.78 is 10.1. The fraction of sp³-hybridized carbons (Fsp3) is 0.375. The Hall–Kier alpha value is -3.19. The minimum Gasteiger partial charge on any atom is -0.466 e. The zero-order valence-corrected chi connectivity index (χ0v) is 17.9. The van der Waals surface area contributed by atoms with Crippen LogP contribution in [-0.4, -0.2) is 44.7 Å². The van der Waals surface area contributed by atoms with Crippen LogP contribution in [0.2, 0.25) is 0 Å². The second-order valence-electron chi connectivity index (χ2n) is 7.04. The molecule has 7 heteroatoms. The summed E-state index contributed by atoms with van der Waals surface area (Å²) in [6.45, 7) is 1.46. The summed E-state index contributed by atoms with van der Waals surface area (Å²) in [5.41, 5.74) is 2.28. The van der Waals surface area contributed by atoms with Gasteiger partial charge in [-0.2, -0.15) is 0 Å². The Labute approximate surface area is 183 Å². The monoisotopic (exact) mass is 426 g/mol. The standard InChI is InChI=1S/C24H30N2O5/c1-30-17-6-16-25-24(29)20-10-12-21(13-11-20)26-22(27)14-15-23(28)31-18-5-9-19-7-3-2-4-8-19/h2-4,7-8,10-13H,5-6,9,14-18H2,1H3,(H,25,29)(H,26,27). The van der Waals surface area contributed by atoms with E-state index in [9.17, 15) is 14.4 Å². The number of carbonyl (C=O) groups is 3. The van der Waals surface area contributed by atoms with Crippen molar-refractivity contribution in [2.45, 2.75) is 32.1 Å². The van der Waals surface area contributed by atoms with Crippen molar-refractivity contribution in [3.05, 3.63) is 65.7 Å². The van der Waals surface area contributed by atoms with Crippen molar-refractivity contribution in [3.63, 3.8) is 0 Å². The van der Waals surface area contributed by atoms with Crippen molar-refractivity contribution < 1.29 is 23.9 Å². The number of benzene rings is 2. The van der Waals surface area contributed by atoms with Gasteiger partial charge in [0.05, 0.1) is 13.0 Å². The van der Waals surface area contributed by atoms with E-state index in [1.165, 1.54) is 5.56 Å². The lowest BCUT2D eigenvalue weighted by Crippen LogP contribution is -2.25. The number of ether oxygens (including phenoxy) is 2. The van der Waals surface area contributed by atoms with Crippen molar-refractivity contribution in [1.29, 1.82) is 0 Å². The molecule has 0 saturated heterocycles. The third kappa shape index (κ3) is 9.91. The van der Waals surface area contributed by atoms with Gasteiger partial charge in [0, 0.05) is 37.9 Å². The highest BCUT2D eigenvalue weighted by Crippen LogP contribution is 2.11. The van der Waals surface area contributed by atoms with Crippen LogP contribution in [0.5, 0.6) is 0 Å². The highest BCUT2D eigenvalue weighted by molar-refractivity contribution is 5.96. The van der Waals surface area contributed by atoms with E-state index in [-0.39, 0.29) is 30.6 Å². The van der Waals surface area contributed by atoms with Gasteiger partial charge in [0.15, 0.2) is 0 Å². The Morgan fingerprint density at radius 2 is 1.61 bits per heavy atom. The third-order valence-corrected chi connectivity index (χ3v) is 4.51. The Morgan fingerprint density at radius 3 is 2.32 bits per heavy atom. The van der Waals surface area contributed by atoms with Crippen molar-refractivity contribution in [2.24, 2.45) is 0 Å². The Bertz CT molecular complexity index is 822. The van der Waals surface area contributed by atoms with E-state index < -0.39 is 0 Å². The zero-order valence-electron chi connectivity index (χ0n) is 17.9. The Morgan fingerprint density at radius 1 is 0.871 bits per heavy atom. The summed E-state index contributed by atoms with van der Waals surface area (Å²) in [4.78, 5) is 35.9. The second-order valence-corrected chi connectivity index (χ2v) is 7.04. The molecule has 166 valence electrons. The van der Waals surface area contributed by atoms with E-state index in [1.54, 1.807) is 31.4 Å². The molecule has 0 aliphatic heterocycles. The molecule has 0 heterocycles. The summed E-state index contributed by atoms with van der Waals surface area (Å²) in [6.07, 6.45) is 2.40. The fourth-order valence-corrected chi connectivity index (χ4v) is 2.84. The van der Waals surface area contributed by atoms with Crippen LogP contribution >= 0.6 is 0 Å². The van der Waals surface area contributed by atoms with E-state index >= 15 is 0 Å². The number of amides is 2. The molecule has 0 atom stereocenters. The largest absolute Gasteiger partial charge is 0.466 e. The normalized spacial score (nSPS) is 10.4. The minimum atomic E-state index is -0.385. The topological polar surface area (TPSA) is 93.7 Å². The fourth-order valence-electron chi connectivity index (χ4n) is 2.84. The molecular weight excluding hydrogens is 396 g/mol. The number of nitrogens with one attached hydrogen (secondary N) is 2. The molecule has 31 heavy (non-hydrogen) atoms. The highest BCUT2D eigenvalue weighted by atomic mass is 16.5. The number of anilines is 1. The van der Waals surface area contributed by atoms with Gasteiger partial charge in [-0.05, 0) is 49.1 Å². The molecule has 0 aliphatic carbocycles. The summed E-state index contributed by atoms with van der Waals surface area (Å²) in [5, 5.41) is 5.52. The van der Waals surface area contributed by atoms with Crippen LogP contribution in [0.3, 0.4) is 0 Å². The van der Waals surface area contributed by atoms with Crippen LogP contribution < -0.4 is 10.6 Å². The van der Waals surface area contributed by atoms with E-state index in [0.717, 1.165) is 19.3 Å². The minimum absolute atomic E-state index is 0.0269. The number of carbonyl (C=O) groups excluding carboxylic acids is 3. The summed E-state index contributed by atoms with van der Waals surface area (Å²) in [5.74, 6) is -0.842. The number of esters is 1. The summed E-state index contributed by atoms with van der Waals surface area (Å²) >= 11 is 0. The predicted molar refractivity (Wildman–Crippen MR) is 119 cm³/mol. The van der Waals surface area contributed by atoms with Crippen molar-refractivity contribution >= 4 is 23.5 Å². The Kier molecular flexibility index (Phi) is 10.8. The lowest BCUT2D eigenvalue weighted by atomic mass is 10.1. The molecule has 0 aromatic heterocycles. The molecule has 0 radical (unpaired) electrons. The van der Waals surface area contributed by atoms with Gasteiger partial charge < -0.3 is 20.1 Å². The van der Waals surface area contributed by atoms with Crippen LogP contribution in [0, 0.1) is 0 Å². The van der Waals surface area contributed by atoms with Crippen LogP contribution in [0.15, 0.2) is 54.6 Å². The van der Waals surface area contributed by atoms with Gasteiger partial charge in [-0.15, -0.1) is 0 Å². The third-order valence-electron chi connectivity index (χ3n) is 4.51. The number of hydrogen-bond donors (Lipinski definition) is 2. The van der Waals surface area contributed by atoms with Gasteiger partial charge in [0.25, 0.3) is 5.91 Å². The Balaban J connectivity index is 1.61. The summed E-state index contributed by atoms with van der Waals surface area (Å²) in [7, 11) is 1.62. The molecule has 2 rings (SSSR count).